The molecule has 17 heavy (non-hydrogen) atoms. The Labute approximate surface area is 99.8 Å². The molecule has 3 rings (SSSR count). The molecule has 1 aliphatic rings. The van der Waals surface area contributed by atoms with Crippen LogP contribution in [0, 0.1) is 6.92 Å². The molecule has 0 atom stereocenters. The molecule has 0 amide bonds. The molecule has 0 aliphatic carbocycles. The summed E-state index contributed by atoms with van der Waals surface area (Å²) in [5.74, 6) is 0. The van der Waals surface area contributed by atoms with E-state index >= 15 is 0 Å². The molecule has 0 spiro atoms. The van der Waals surface area contributed by atoms with Crippen molar-refractivity contribution < 1.29 is 8.42 Å². The Balaban J connectivity index is 2.48. The maximum atomic E-state index is 12.3. The summed E-state index contributed by atoms with van der Waals surface area (Å²) in [5.41, 5.74) is 8.80. The molecule has 0 fully saturated rings. The third-order valence-corrected chi connectivity index (χ3v) is 4.88. The van der Waals surface area contributed by atoms with Crippen molar-refractivity contribution in [1.82, 2.24) is 0 Å². The first-order valence-corrected chi connectivity index (χ1v) is 6.74. The van der Waals surface area contributed by atoms with Crippen LogP contribution in [0.1, 0.15) is 5.56 Å². The van der Waals surface area contributed by atoms with Crippen molar-refractivity contribution in [3.63, 3.8) is 0 Å². The molecule has 3 nitrogen and oxygen atoms in total. The predicted octanol–water partition coefficient (Wildman–Crippen LogP) is 2.39. The summed E-state index contributed by atoms with van der Waals surface area (Å²) in [6.45, 7) is 1.94. The number of aryl methyl sites for hydroxylation is 1. The van der Waals surface area contributed by atoms with E-state index < -0.39 is 9.84 Å². The molecule has 1 heterocycles. The second kappa shape index (κ2) is 3.11. The molecule has 0 aromatic heterocycles. The van der Waals surface area contributed by atoms with Gasteiger partial charge in [-0.2, -0.15) is 0 Å². The standard InChI is InChI=1S/C13H11NO2S/c1-8-2-4-12-10(6-8)11-7-9(14)3-5-13(11)17(12,15)16/h2-7H,14H2,1H3. The molecular formula is C13H11NO2S. The van der Waals surface area contributed by atoms with Crippen LogP contribution < -0.4 is 5.73 Å². The molecule has 86 valence electrons. The number of nitrogen functional groups attached to an aromatic ring is 1. The fraction of sp³-hybridized carbons (Fsp3) is 0.0769. The number of hydrogen-bond donors (Lipinski definition) is 1. The number of rotatable bonds is 0. The van der Waals surface area contributed by atoms with Crippen LogP contribution in [0.25, 0.3) is 11.1 Å². The average Bonchev–Trinajstić information content (AvgIpc) is 2.47. The lowest BCUT2D eigenvalue weighted by Crippen LogP contribution is -1.96. The zero-order chi connectivity index (χ0) is 12.2. The van der Waals surface area contributed by atoms with Gasteiger partial charge in [-0.1, -0.05) is 17.7 Å². The van der Waals surface area contributed by atoms with Gasteiger partial charge < -0.3 is 5.73 Å². The molecule has 0 saturated carbocycles. The monoisotopic (exact) mass is 245 g/mol. The minimum Gasteiger partial charge on any atom is -0.399 e. The number of hydrogen-bond acceptors (Lipinski definition) is 3. The Hall–Kier alpha value is -1.81. The molecular weight excluding hydrogens is 234 g/mol. The molecule has 1 aliphatic heterocycles. The van der Waals surface area contributed by atoms with Crippen LogP contribution in [-0.4, -0.2) is 8.42 Å². The molecule has 2 aromatic rings. The summed E-state index contributed by atoms with van der Waals surface area (Å²) < 4.78 is 24.5. The van der Waals surface area contributed by atoms with Crippen LogP contribution in [-0.2, 0) is 9.84 Å². The quantitative estimate of drug-likeness (QED) is 0.619. The van der Waals surface area contributed by atoms with Gasteiger partial charge in [-0.15, -0.1) is 0 Å². The van der Waals surface area contributed by atoms with E-state index in [1.54, 1.807) is 24.3 Å². The van der Waals surface area contributed by atoms with Crippen LogP contribution in [0.5, 0.6) is 0 Å². The molecule has 4 heteroatoms. The van der Waals surface area contributed by atoms with Gasteiger partial charge in [0.2, 0.25) is 9.84 Å². The Morgan fingerprint density at radius 1 is 0.941 bits per heavy atom. The van der Waals surface area contributed by atoms with Gasteiger partial charge in [0.15, 0.2) is 0 Å². The van der Waals surface area contributed by atoms with E-state index in [0.29, 0.717) is 21.0 Å². The Bertz CT molecular complexity index is 676. The SMILES string of the molecule is Cc1ccc2c(c1)-c1cc(N)ccc1S2(=O)=O. The highest BCUT2D eigenvalue weighted by Gasteiger charge is 2.32. The van der Waals surface area contributed by atoms with E-state index in [2.05, 4.69) is 0 Å². The summed E-state index contributed by atoms with van der Waals surface area (Å²) in [6, 6.07) is 10.3. The third kappa shape index (κ3) is 1.31. The molecule has 2 N–H and O–H groups in total. The first kappa shape index (κ1) is 10.4. The first-order valence-electron chi connectivity index (χ1n) is 5.26. The molecule has 0 bridgehead atoms. The Morgan fingerprint density at radius 2 is 1.53 bits per heavy atom. The molecule has 0 radical (unpaired) electrons. The van der Waals surface area contributed by atoms with Gasteiger partial charge in [-0.3, -0.25) is 0 Å². The van der Waals surface area contributed by atoms with E-state index in [-0.39, 0.29) is 0 Å². The zero-order valence-electron chi connectivity index (χ0n) is 9.27. The van der Waals surface area contributed by atoms with Gasteiger partial charge in [-0.25, -0.2) is 8.42 Å². The minimum atomic E-state index is -3.35. The van der Waals surface area contributed by atoms with Crippen molar-refractivity contribution in [2.24, 2.45) is 0 Å². The smallest absolute Gasteiger partial charge is 0.207 e. The molecule has 0 saturated heterocycles. The lowest BCUT2D eigenvalue weighted by atomic mass is 10.0. The van der Waals surface area contributed by atoms with Crippen molar-refractivity contribution >= 4 is 15.5 Å². The molecule has 2 aromatic carbocycles. The van der Waals surface area contributed by atoms with E-state index in [9.17, 15) is 8.42 Å². The van der Waals surface area contributed by atoms with Gasteiger partial charge in [0.1, 0.15) is 0 Å². The fourth-order valence-electron chi connectivity index (χ4n) is 2.20. The van der Waals surface area contributed by atoms with Crippen molar-refractivity contribution in [3.8, 4) is 11.1 Å². The first-order chi connectivity index (χ1) is 8.00. The van der Waals surface area contributed by atoms with Gasteiger partial charge in [0.05, 0.1) is 9.79 Å². The lowest BCUT2D eigenvalue weighted by Gasteiger charge is -2.00. The second-order valence-corrected chi connectivity index (χ2v) is 6.15. The number of fused-ring (bicyclic) bond motifs is 3. The fourth-order valence-corrected chi connectivity index (χ4v) is 3.85. The Kier molecular flexibility index (Phi) is 1.89. The van der Waals surface area contributed by atoms with Crippen molar-refractivity contribution in [2.45, 2.75) is 16.7 Å². The van der Waals surface area contributed by atoms with Gasteiger partial charge in [0, 0.05) is 16.8 Å². The Morgan fingerprint density at radius 3 is 2.24 bits per heavy atom. The predicted molar refractivity (Wildman–Crippen MR) is 66.5 cm³/mol. The summed E-state index contributed by atoms with van der Waals surface area (Å²) in [7, 11) is -3.35. The number of benzene rings is 2. The third-order valence-electron chi connectivity index (χ3n) is 3.01. The average molecular weight is 245 g/mol. The topological polar surface area (TPSA) is 60.2 Å². The zero-order valence-corrected chi connectivity index (χ0v) is 10.1. The van der Waals surface area contributed by atoms with Gasteiger partial charge in [0.25, 0.3) is 0 Å². The van der Waals surface area contributed by atoms with Crippen LogP contribution in [0.15, 0.2) is 46.2 Å². The summed E-state index contributed by atoms with van der Waals surface area (Å²) in [6.07, 6.45) is 0. The summed E-state index contributed by atoms with van der Waals surface area (Å²) in [5, 5.41) is 0. The van der Waals surface area contributed by atoms with E-state index in [4.69, 9.17) is 5.73 Å². The number of anilines is 1. The highest BCUT2D eigenvalue weighted by Crippen LogP contribution is 2.43. The normalized spacial score (nSPS) is 15.4. The number of sulfone groups is 1. The van der Waals surface area contributed by atoms with Crippen molar-refractivity contribution in [3.05, 3.63) is 42.0 Å². The highest BCUT2D eigenvalue weighted by molar-refractivity contribution is 7.92. The maximum absolute atomic E-state index is 12.3. The van der Waals surface area contributed by atoms with Crippen LogP contribution in [0.4, 0.5) is 5.69 Å². The van der Waals surface area contributed by atoms with Crippen molar-refractivity contribution in [1.29, 1.82) is 0 Å². The second-order valence-electron chi connectivity index (χ2n) is 4.26. The van der Waals surface area contributed by atoms with Crippen LogP contribution in [0.3, 0.4) is 0 Å². The molecule has 0 unspecified atom stereocenters. The van der Waals surface area contributed by atoms with E-state index in [0.717, 1.165) is 11.1 Å². The van der Waals surface area contributed by atoms with E-state index in [1.165, 1.54) is 0 Å². The summed E-state index contributed by atoms with van der Waals surface area (Å²) in [4.78, 5) is 0.732. The minimum absolute atomic E-state index is 0.354. The van der Waals surface area contributed by atoms with Crippen molar-refractivity contribution in [2.75, 3.05) is 5.73 Å². The van der Waals surface area contributed by atoms with Gasteiger partial charge >= 0.3 is 0 Å². The van der Waals surface area contributed by atoms with E-state index in [1.807, 2.05) is 19.1 Å². The lowest BCUT2D eigenvalue weighted by molar-refractivity contribution is 0.598. The number of nitrogens with two attached hydrogens (primary N) is 1. The van der Waals surface area contributed by atoms with Crippen LogP contribution >= 0.6 is 0 Å². The largest absolute Gasteiger partial charge is 0.399 e. The highest BCUT2D eigenvalue weighted by atomic mass is 32.2. The maximum Gasteiger partial charge on any atom is 0.207 e. The van der Waals surface area contributed by atoms with Gasteiger partial charge in [-0.05, 0) is 31.2 Å². The summed E-state index contributed by atoms with van der Waals surface area (Å²) >= 11 is 0. The van der Waals surface area contributed by atoms with Crippen LogP contribution in [0.2, 0.25) is 0 Å².